The van der Waals surface area contributed by atoms with Crippen molar-refractivity contribution in [2.45, 2.75) is 18.1 Å². The van der Waals surface area contributed by atoms with Crippen LogP contribution in [0.3, 0.4) is 0 Å². The number of sulfonamides is 1. The Balaban J connectivity index is 1.57. The number of hydrogen-bond donors (Lipinski definition) is 1. The second kappa shape index (κ2) is 10.1. The number of nitrogens with zero attached hydrogens (tertiary/aromatic N) is 2. The van der Waals surface area contributed by atoms with Crippen LogP contribution >= 0.6 is 22.7 Å². The quantitative estimate of drug-likeness (QED) is 0.452. The Bertz CT molecular complexity index is 1190. The van der Waals surface area contributed by atoms with E-state index >= 15 is 0 Å². The topological polar surface area (TPSA) is 115 Å². The Labute approximate surface area is 193 Å². The molecule has 0 aliphatic rings. The van der Waals surface area contributed by atoms with Crippen LogP contribution in [-0.2, 0) is 19.6 Å². The number of hydrogen-bond acceptors (Lipinski definition) is 9. The number of carbonyl (C=O) groups excluding carboxylic acids is 2. The van der Waals surface area contributed by atoms with E-state index in [1.807, 2.05) is 0 Å². The van der Waals surface area contributed by atoms with Gasteiger partial charge in [0.2, 0.25) is 0 Å². The number of rotatable bonds is 9. The molecule has 0 radical (unpaired) electrons. The third-order valence-corrected chi connectivity index (χ3v) is 8.40. The van der Waals surface area contributed by atoms with Crippen molar-refractivity contribution in [1.82, 2.24) is 4.98 Å². The molecular formula is C20H21N3O6S3. The van der Waals surface area contributed by atoms with E-state index < -0.39 is 21.9 Å². The molecule has 9 nitrogen and oxygen atoms in total. The van der Waals surface area contributed by atoms with Crippen LogP contribution < -0.4 is 14.4 Å². The molecule has 0 aliphatic carbocycles. The first-order chi connectivity index (χ1) is 15.2. The summed E-state index contributed by atoms with van der Waals surface area (Å²) in [6.45, 7) is 3.34. The number of carbonyl (C=O) groups is 2. The van der Waals surface area contributed by atoms with Crippen molar-refractivity contribution in [2.24, 2.45) is 0 Å². The summed E-state index contributed by atoms with van der Waals surface area (Å²) in [7, 11) is -2.15. The summed E-state index contributed by atoms with van der Waals surface area (Å²) in [6.07, 6.45) is 0. The molecular weight excluding hydrogens is 474 g/mol. The fourth-order valence-electron chi connectivity index (χ4n) is 2.58. The molecule has 0 saturated carbocycles. The number of amides is 1. The van der Waals surface area contributed by atoms with Gasteiger partial charge in [0.1, 0.15) is 14.8 Å². The third kappa shape index (κ3) is 5.44. The van der Waals surface area contributed by atoms with Gasteiger partial charge in [0.15, 0.2) is 11.7 Å². The van der Waals surface area contributed by atoms with Crippen LogP contribution in [0.4, 0.5) is 10.8 Å². The first kappa shape index (κ1) is 23.7. The van der Waals surface area contributed by atoms with Gasteiger partial charge in [-0.2, -0.15) is 0 Å². The maximum absolute atomic E-state index is 12.6. The van der Waals surface area contributed by atoms with E-state index in [0.29, 0.717) is 22.0 Å². The highest BCUT2D eigenvalue weighted by Crippen LogP contribution is 2.27. The Morgan fingerprint density at radius 1 is 1.19 bits per heavy atom. The second-order valence-corrected chi connectivity index (χ2v) is 10.5. The minimum absolute atomic E-state index is 0.250. The lowest BCUT2D eigenvalue weighted by molar-refractivity contribution is -0.118. The van der Waals surface area contributed by atoms with E-state index in [2.05, 4.69) is 10.3 Å². The van der Waals surface area contributed by atoms with Crippen LogP contribution in [0.1, 0.15) is 22.3 Å². The molecule has 0 unspecified atom stereocenters. The van der Waals surface area contributed by atoms with Crippen LogP contribution in [0.5, 0.6) is 5.75 Å². The summed E-state index contributed by atoms with van der Waals surface area (Å²) in [5.74, 6) is -0.533. The van der Waals surface area contributed by atoms with Crippen LogP contribution in [0.15, 0.2) is 46.0 Å². The van der Waals surface area contributed by atoms with Crippen LogP contribution in [0.25, 0.3) is 0 Å². The minimum Gasteiger partial charge on any atom is -0.484 e. The lowest BCUT2D eigenvalue weighted by Crippen LogP contribution is -2.25. The van der Waals surface area contributed by atoms with Crippen molar-refractivity contribution in [1.29, 1.82) is 0 Å². The normalized spacial score (nSPS) is 11.1. The molecule has 3 rings (SSSR count). The van der Waals surface area contributed by atoms with Gasteiger partial charge < -0.3 is 9.47 Å². The lowest BCUT2D eigenvalue weighted by Gasteiger charge is -2.18. The monoisotopic (exact) mass is 495 g/mol. The molecule has 0 aliphatic heterocycles. The number of esters is 1. The number of thiophene rings is 1. The standard InChI is InChI=1S/C20H21N3O6S3/c1-4-28-19(25)18-13(2)21-20(31-18)22-16(24)12-29-15-9-7-14(8-10-15)23(3)32(26,27)17-6-5-11-30-17/h5-11H,4,12H2,1-3H3,(H,21,22,24). The highest BCUT2D eigenvalue weighted by atomic mass is 32.2. The summed E-state index contributed by atoms with van der Waals surface area (Å²) in [5, 5.41) is 4.56. The molecule has 0 atom stereocenters. The molecule has 1 amide bonds. The van der Waals surface area contributed by atoms with Gasteiger partial charge in [-0.1, -0.05) is 17.4 Å². The average Bonchev–Trinajstić information content (AvgIpc) is 3.43. The van der Waals surface area contributed by atoms with E-state index in [1.54, 1.807) is 55.6 Å². The first-order valence-electron chi connectivity index (χ1n) is 9.42. The zero-order valence-electron chi connectivity index (χ0n) is 17.5. The molecule has 12 heteroatoms. The van der Waals surface area contributed by atoms with E-state index in [4.69, 9.17) is 9.47 Å². The van der Waals surface area contributed by atoms with Crippen molar-refractivity contribution < 1.29 is 27.5 Å². The first-order valence-corrected chi connectivity index (χ1v) is 12.6. The predicted octanol–water partition coefficient (Wildman–Crippen LogP) is 3.53. The molecule has 0 saturated heterocycles. The summed E-state index contributed by atoms with van der Waals surface area (Å²) < 4.78 is 37.0. The molecule has 0 spiro atoms. The molecule has 0 fully saturated rings. The van der Waals surface area contributed by atoms with Gasteiger partial charge in [0.05, 0.1) is 18.0 Å². The molecule has 0 bridgehead atoms. The summed E-state index contributed by atoms with van der Waals surface area (Å²) in [6, 6.07) is 9.57. The summed E-state index contributed by atoms with van der Waals surface area (Å²) in [5.41, 5.74) is 0.932. The van der Waals surface area contributed by atoms with E-state index in [-0.39, 0.29) is 22.6 Å². The Morgan fingerprint density at radius 3 is 2.53 bits per heavy atom. The van der Waals surface area contributed by atoms with Gasteiger partial charge in [-0.25, -0.2) is 18.2 Å². The number of thiazole rings is 1. The smallest absolute Gasteiger partial charge is 0.350 e. The molecule has 1 aromatic carbocycles. The second-order valence-electron chi connectivity index (χ2n) is 6.39. The third-order valence-electron chi connectivity index (χ3n) is 4.18. The predicted molar refractivity (Wildman–Crippen MR) is 123 cm³/mol. The minimum atomic E-state index is -3.63. The zero-order chi connectivity index (χ0) is 23.3. The fraction of sp³-hybridized carbons (Fsp3) is 0.250. The number of ether oxygens (including phenoxy) is 2. The zero-order valence-corrected chi connectivity index (χ0v) is 20.0. The Morgan fingerprint density at radius 2 is 1.91 bits per heavy atom. The highest BCUT2D eigenvalue weighted by Gasteiger charge is 2.22. The maximum atomic E-state index is 12.6. The highest BCUT2D eigenvalue weighted by molar-refractivity contribution is 7.94. The Kier molecular flexibility index (Phi) is 7.48. The molecule has 2 heterocycles. The van der Waals surface area contributed by atoms with Crippen molar-refractivity contribution in [3.63, 3.8) is 0 Å². The van der Waals surface area contributed by atoms with E-state index in [1.165, 1.54) is 11.4 Å². The van der Waals surface area contributed by atoms with Gasteiger partial charge in [-0.3, -0.25) is 14.4 Å². The van der Waals surface area contributed by atoms with E-state index in [0.717, 1.165) is 22.7 Å². The fourth-order valence-corrected chi connectivity index (χ4v) is 5.81. The van der Waals surface area contributed by atoms with Gasteiger partial charge in [-0.15, -0.1) is 11.3 Å². The SMILES string of the molecule is CCOC(=O)c1sc(NC(=O)COc2ccc(N(C)S(=O)(=O)c3cccs3)cc2)nc1C. The number of aromatic nitrogens is 1. The average molecular weight is 496 g/mol. The van der Waals surface area contributed by atoms with Crippen molar-refractivity contribution >= 4 is 55.4 Å². The van der Waals surface area contributed by atoms with Crippen molar-refractivity contribution in [2.75, 3.05) is 29.9 Å². The van der Waals surface area contributed by atoms with Crippen molar-refractivity contribution in [3.05, 3.63) is 52.3 Å². The number of anilines is 2. The molecule has 2 aromatic heterocycles. The van der Waals surface area contributed by atoms with E-state index in [9.17, 15) is 18.0 Å². The molecule has 170 valence electrons. The van der Waals surface area contributed by atoms with Gasteiger partial charge >= 0.3 is 5.97 Å². The molecule has 1 N–H and O–H groups in total. The lowest BCUT2D eigenvalue weighted by atomic mass is 10.3. The summed E-state index contributed by atoms with van der Waals surface area (Å²) >= 11 is 2.17. The van der Waals surface area contributed by atoms with Crippen LogP contribution in [-0.4, -0.2) is 45.5 Å². The van der Waals surface area contributed by atoms with Crippen LogP contribution in [0, 0.1) is 6.92 Å². The number of aryl methyl sites for hydroxylation is 1. The maximum Gasteiger partial charge on any atom is 0.350 e. The van der Waals surface area contributed by atoms with Crippen molar-refractivity contribution in [3.8, 4) is 5.75 Å². The Hall–Kier alpha value is -2.96. The van der Waals surface area contributed by atoms with Gasteiger partial charge in [-0.05, 0) is 49.6 Å². The summed E-state index contributed by atoms with van der Waals surface area (Å²) in [4.78, 5) is 28.5. The van der Waals surface area contributed by atoms with Gasteiger partial charge in [0.25, 0.3) is 15.9 Å². The number of nitrogens with one attached hydrogen (secondary N) is 1. The largest absolute Gasteiger partial charge is 0.484 e. The van der Waals surface area contributed by atoms with Crippen LogP contribution in [0.2, 0.25) is 0 Å². The molecule has 3 aromatic rings. The molecule has 32 heavy (non-hydrogen) atoms. The number of benzene rings is 1. The van der Waals surface area contributed by atoms with Gasteiger partial charge in [0, 0.05) is 7.05 Å².